The first kappa shape index (κ1) is 7.18. The van der Waals surface area contributed by atoms with Crippen LogP contribution in [0.25, 0.3) is 0 Å². The third-order valence-electron chi connectivity index (χ3n) is 3.41. The maximum Gasteiger partial charge on any atom is 0.410 e. The summed E-state index contributed by atoms with van der Waals surface area (Å²) < 4.78 is 5.26. The predicted octanol–water partition coefficient (Wildman–Crippen LogP) is 1.51. The SMILES string of the molecule is O=C1O[C@H]2C[C@]3(CCN13)C[C@@H]2Br. The van der Waals surface area contributed by atoms with Crippen LogP contribution in [0.15, 0.2) is 0 Å². The summed E-state index contributed by atoms with van der Waals surface area (Å²) in [6, 6.07) is 0. The van der Waals surface area contributed by atoms with E-state index in [9.17, 15) is 4.79 Å². The Bertz CT molecular complexity index is 253. The Hall–Kier alpha value is -0.250. The molecule has 12 heavy (non-hydrogen) atoms. The minimum absolute atomic E-state index is 0.0977. The monoisotopic (exact) mass is 231 g/mol. The molecule has 3 aliphatic rings. The minimum Gasteiger partial charge on any atom is -0.445 e. The molecule has 1 amide bonds. The summed E-state index contributed by atoms with van der Waals surface area (Å²) in [7, 11) is 0. The number of hydrogen-bond acceptors (Lipinski definition) is 2. The van der Waals surface area contributed by atoms with E-state index in [4.69, 9.17) is 4.74 Å². The fraction of sp³-hybridized carbons (Fsp3) is 0.875. The van der Waals surface area contributed by atoms with E-state index in [-0.39, 0.29) is 17.7 Å². The lowest BCUT2D eigenvalue weighted by Gasteiger charge is -2.52. The van der Waals surface area contributed by atoms with Gasteiger partial charge in [-0.1, -0.05) is 15.9 Å². The largest absolute Gasteiger partial charge is 0.445 e. The molecule has 0 radical (unpaired) electrons. The quantitative estimate of drug-likeness (QED) is 0.592. The van der Waals surface area contributed by atoms with Crippen LogP contribution in [0.4, 0.5) is 4.79 Å². The summed E-state index contributed by atoms with van der Waals surface area (Å²) in [5, 5.41) is 0. The van der Waals surface area contributed by atoms with Gasteiger partial charge >= 0.3 is 6.09 Å². The van der Waals surface area contributed by atoms with Crippen molar-refractivity contribution in [2.75, 3.05) is 6.54 Å². The topological polar surface area (TPSA) is 29.5 Å². The van der Waals surface area contributed by atoms with Crippen LogP contribution in [0.2, 0.25) is 0 Å². The molecule has 0 unspecified atom stereocenters. The van der Waals surface area contributed by atoms with Gasteiger partial charge in [0, 0.05) is 13.0 Å². The fourth-order valence-corrected chi connectivity index (χ4v) is 3.54. The van der Waals surface area contributed by atoms with Gasteiger partial charge in [0.2, 0.25) is 0 Å². The minimum atomic E-state index is -0.0977. The zero-order valence-corrected chi connectivity index (χ0v) is 8.21. The van der Waals surface area contributed by atoms with Gasteiger partial charge in [0.15, 0.2) is 0 Å². The molecule has 2 bridgehead atoms. The highest BCUT2D eigenvalue weighted by Gasteiger charge is 2.60. The molecule has 1 aliphatic carbocycles. The highest BCUT2D eigenvalue weighted by atomic mass is 79.9. The maximum absolute atomic E-state index is 11.3. The van der Waals surface area contributed by atoms with Crippen molar-refractivity contribution >= 4 is 22.0 Å². The molecule has 3 atom stereocenters. The molecule has 0 aromatic rings. The number of halogens is 1. The average molecular weight is 232 g/mol. The van der Waals surface area contributed by atoms with Crippen molar-refractivity contribution in [3.8, 4) is 0 Å². The average Bonchev–Trinajstić information content (AvgIpc) is 2.24. The molecule has 2 aliphatic heterocycles. The molecule has 0 aromatic carbocycles. The van der Waals surface area contributed by atoms with Crippen molar-refractivity contribution in [1.29, 1.82) is 0 Å². The third kappa shape index (κ3) is 0.655. The molecule has 3 fully saturated rings. The standard InChI is InChI=1S/C8H10BrNO2/c9-5-3-8-1-2-10(8)7(11)12-6(5)4-8/h5-6H,1-4H2/t5-,6-,8-/m0/s1. The molecule has 1 spiro atoms. The summed E-state index contributed by atoms with van der Waals surface area (Å²) >= 11 is 3.57. The highest BCUT2D eigenvalue weighted by molar-refractivity contribution is 9.09. The van der Waals surface area contributed by atoms with E-state index in [1.165, 1.54) is 6.42 Å². The number of alkyl halides is 1. The van der Waals surface area contributed by atoms with Crippen LogP contribution in [0.5, 0.6) is 0 Å². The lowest BCUT2D eigenvalue weighted by atomic mass is 9.83. The van der Waals surface area contributed by atoms with Gasteiger partial charge in [-0.2, -0.15) is 0 Å². The highest BCUT2D eigenvalue weighted by Crippen LogP contribution is 2.51. The second-order valence-corrected chi connectivity index (χ2v) is 5.15. The van der Waals surface area contributed by atoms with Gasteiger partial charge in [0.1, 0.15) is 6.10 Å². The van der Waals surface area contributed by atoms with Crippen LogP contribution >= 0.6 is 15.9 Å². The number of carbonyl (C=O) groups excluding carboxylic acids is 1. The van der Waals surface area contributed by atoms with Gasteiger partial charge in [0.05, 0.1) is 10.4 Å². The summed E-state index contributed by atoms with van der Waals surface area (Å²) in [4.78, 5) is 13.6. The zero-order valence-electron chi connectivity index (χ0n) is 6.62. The molecule has 4 heteroatoms. The van der Waals surface area contributed by atoms with Crippen molar-refractivity contribution in [2.45, 2.75) is 35.7 Å². The van der Waals surface area contributed by atoms with Crippen LogP contribution in [-0.4, -0.2) is 34.0 Å². The van der Waals surface area contributed by atoms with E-state index < -0.39 is 0 Å². The number of rotatable bonds is 0. The molecule has 0 N–H and O–H groups in total. The second-order valence-electron chi connectivity index (χ2n) is 3.97. The first-order valence-electron chi connectivity index (χ1n) is 4.34. The summed E-state index contributed by atoms with van der Waals surface area (Å²) in [5.41, 5.74) is 0.189. The number of amides is 1. The number of fused-ring (bicyclic) bond motifs is 1. The molecule has 2 saturated heterocycles. The van der Waals surface area contributed by atoms with E-state index in [2.05, 4.69) is 15.9 Å². The molecular weight excluding hydrogens is 222 g/mol. The van der Waals surface area contributed by atoms with E-state index in [1.54, 1.807) is 0 Å². The van der Waals surface area contributed by atoms with Crippen molar-refractivity contribution in [3.05, 3.63) is 0 Å². The van der Waals surface area contributed by atoms with E-state index in [0.717, 1.165) is 19.4 Å². The Labute approximate surface area is 79.2 Å². The number of ether oxygens (including phenoxy) is 1. The van der Waals surface area contributed by atoms with E-state index in [0.29, 0.717) is 4.83 Å². The molecular formula is C8H10BrNO2. The van der Waals surface area contributed by atoms with Crippen molar-refractivity contribution in [3.63, 3.8) is 0 Å². The summed E-state index contributed by atoms with van der Waals surface area (Å²) in [6.07, 6.45) is 3.31. The molecule has 2 heterocycles. The molecule has 3 rings (SSSR count). The van der Waals surface area contributed by atoms with Crippen LogP contribution in [0, 0.1) is 0 Å². The normalized spacial score (nSPS) is 49.8. The molecule has 0 aromatic heterocycles. The van der Waals surface area contributed by atoms with Gasteiger partial charge in [-0.05, 0) is 12.8 Å². The van der Waals surface area contributed by atoms with Gasteiger partial charge in [-0.3, -0.25) is 0 Å². The Morgan fingerprint density at radius 1 is 1.58 bits per heavy atom. The zero-order chi connectivity index (χ0) is 8.34. The molecule has 3 nitrogen and oxygen atoms in total. The van der Waals surface area contributed by atoms with Crippen LogP contribution in [0.1, 0.15) is 19.3 Å². The Kier molecular flexibility index (Phi) is 1.18. The van der Waals surface area contributed by atoms with Crippen molar-refractivity contribution < 1.29 is 9.53 Å². The van der Waals surface area contributed by atoms with Gasteiger partial charge < -0.3 is 9.64 Å². The first-order chi connectivity index (χ1) is 5.71. The van der Waals surface area contributed by atoms with Crippen molar-refractivity contribution in [2.24, 2.45) is 0 Å². The van der Waals surface area contributed by atoms with Crippen molar-refractivity contribution in [1.82, 2.24) is 4.90 Å². The fourth-order valence-electron chi connectivity index (χ4n) is 2.64. The lowest BCUT2D eigenvalue weighted by Crippen LogP contribution is -2.63. The maximum atomic E-state index is 11.3. The smallest absolute Gasteiger partial charge is 0.410 e. The van der Waals surface area contributed by atoms with Gasteiger partial charge in [-0.25, -0.2) is 4.79 Å². The molecule has 66 valence electrons. The lowest BCUT2D eigenvalue weighted by molar-refractivity contribution is -0.0577. The first-order valence-corrected chi connectivity index (χ1v) is 5.25. The van der Waals surface area contributed by atoms with Gasteiger partial charge in [-0.15, -0.1) is 0 Å². The molecule has 1 saturated carbocycles. The Morgan fingerprint density at radius 2 is 2.42 bits per heavy atom. The van der Waals surface area contributed by atoms with Crippen LogP contribution in [-0.2, 0) is 4.74 Å². The summed E-state index contributed by atoms with van der Waals surface area (Å²) in [5.74, 6) is 0. The summed E-state index contributed by atoms with van der Waals surface area (Å²) in [6.45, 7) is 0.894. The van der Waals surface area contributed by atoms with E-state index >= 15 is 0 Å². The van der Waals surface area contributed by atoms with Crippen LogP contribution in [0.3, 0.4) is 0 Å². The van der Waals surface area contributed by atoms with Crippen LogP contribution < -0.4 is 0 Å². The second kappa shape index (κ2) is 1.97. The number of carbonyl (C=O) groups is 1. The Morgan fingerprint density at radius 3 is 3.08 bits per heavy atom. The van der Waals surface area contributed by atoms with Gasteiger partial charge in [0.25, 0.3) is 0 Å². The predicted molar refractivity (Wildman–Crippen MR) is 46.3 cm³/mol. The van der Waals surface area contributed by atoms with E-state index in [1.807, 2.05) is 4.90 Å². The number of nitrogens with zero attached hydrogens (tertiary/aromatic N) is 1. The Balaban J connectivity index is 1.98. The number of hydrogen-bond donors (Lipinski definition) is 0. The third-order valence-corrected chi connectivity index (χ3v) is 4.32.